The highest BCUT2D eigenvalue weighted by atomic mass is 35.5. The second-order valence-electron chi connectivity index (χ2n) is 13.0. The van der Waals surface area contributed by atoms with Gasteiger partial charge >= 0.3 is 11.9 Å². The number of carboxylic acid groups (broad SMARTS) is 2. The molecule has 316 valence electrons. The number of fused-ring (bicyclic) bond motifs is 1. The van der Waals surface area contributed by atoms with Gasteiger partial charge in [-0.2, -0.15) is 0 Å². The van der Waals surface area contributed by atoms with E-state index >= 15 is 0 Å². The van der Waals surface area contributed by atoms with Gasteiger partial charge in [0.05, 0.1) is 20.8 Å². The molecule has 0 spiro atoms. The van der Waals surface area contributed by atoms with E-state index in [1.807, 2.05) is 0 Å². The first-order chi connectivity index (χ1) is 29.1. The van der Waals surface area contributed by atoms with Gasteiger partial charge in [-0.25, -0.2) is 28.3 Å². The van der Waals surface area contributed by atoms with Crippen molar-refractivity contribution in [1.29, 1.82) is 0 Å². The number of hydrogen-bond donors (Lipinski definition) is 2. The maximum Gasteiger partial charge on any atom is 0.344 e. The second-order valence-corrected chi connectivity index (χ2v) is 14.3. The van der Waals surface area contributed by atoms with Crippen molar-refractivity contribution in [2.75, 3.05) is 11.5 Å². The number of carboxylic acids is 2. The summed E-state index contributed by atoms with van der Waals surface area (Å²) in [4.78, 5) is 54.9. The van der Waals surface area contributed by atoms with Gasteiger partial charge < -0.3 is 29.2 Å². The van der Waals surface area contributed by atoms with Crippen LogP contribution in [-0.2, 0) is 19.2 Å². The molecule has 1 aliphatic carbocycles. The molecule has 1 unspecified atom stereocenters. The number of hydrogen-bond acceptors (Lipinski definition) is 10. The number of nitrogens with zero attached hydrogens (tertiary/aromatic N) is 3. The maximum atomic E-state index is 14.4. The Morgan fingerprint density at radius 2 is 1.51 bits per heavy atom. The number of aromatic nitrogens is 2. The molecule has 2 aromatic heterocycles. The Labute approximate surface area is 362 Å². The Morgan fingerprint density at radius 1 is 0.852 bits per heavy atom. The molecule has 3 heterocycles. The van der Waals surface area contributed by atoms with Crippen LogP contribution in [0.3, 0.4) is 0 Å². The van der Waals surface area contributed by atoms with Crippen molar-refractivity contribution in [1.82, 2.24) is 9.97 Å². The summed E-state index contributed by atoms with van der Waals surface area (Å²) in [6.07, 6.45) is 9.38. The van der Waals surface area contributed by atoms with E-state index in [1.165, 1.54) is 43.5 Å². The normalized spacial score (nSPS) is 14.0. The molecule has 13 nitrogen and oxygen atoms in total. The molecule has 2 atom stereocenters. The number of terminal acetylenes is 1. The van der Waals surface area contributed by atoms with Gasteiger partial charge in [0.25, 0.3) is 17.7 Å². The summed E-state index contributed by atoms with van der Waals surface area (Å²) in [5, 5.41) is 18.8. The van der Waals surface area contributed by atoms with Crippen molar-refractivity contribution in [2.45, 2.75) is 51.7 Å². The molecule has 2 aliphatic rings. The average Bonchev–Trinajstić information content (AvgIpc) is 3.49. The summed E-state index contributed by atoms with van der Waals surface area (Å²) < 4.78 is 48.9. The number of imide groups is 1. The van der Waals surface area contributed by atoms with Gasteiger partial charge in [0.1, 0.15) is 34.3 Å². The van der Waals surface area contributed by atoms with Crippen molar-refractivity contribution < 1.29 is 57.1 Å². The molecule has 1 aliphatic heterocycles. The summed E-state index contributed by atoms with van der Waals surface area (Å²) in [6, 6.07) is 16.3. The smallest absolute Gasteiger partial charge is 0.344 e. The van der Waals surface area contributed by atoms with E-state index < -0.39 is 54.2 Å². The third-order valence-electron chi connectivity index (χ3n) is 8.67. The van der Waals surface area contributed by atoms with E-state index in [0.29, 0.717) is 51.8 Å². The van der Waals surface area contributed by atoms with Crippen molar-refractivity contribution >= 4 is 75.1 Å². The topological polar surface area (TPSA) is 175 Å². The van der Waals surface area contributed by atoms with Crippen LogP contribution in [0.5, 0.6) is 28.9 Å². The quantitative estimate of drug-likeness (QED) is 0.0951. The largest absolute Gasteiger partial charge is 0.480 e. The molecular formula is C43H34Cl3F2N3O10. The zero-order valence-electron chi connectivity index (χ0n) is 32.2. The van der Waals surface area contributed by atoms with Crippen LogP contribution in [0.1, 0.15) is 39.5 Å². The van der Waals surface area contributed by atoms with Crippen LogP contribution in [0.25, 0.3) is 10.9 Å². The lowest BCUT2D eigenvalue weighted by Crippen LogP contribution is -2.32. The van der Waals surface area contributed by atoms with Gasteiger partial charge in [0.15, 0.2) is 24.6 Å². The fraction of sp³-hybridized carbons (Fsp3) is 0.209. The highest BCUT2D eigenvalue weighted by Crippen LogP contribution is 2.40. The van der Waals surface area contributed by atoms with Gasteiger partial charge in [-0.05, 0) is 100 Å². The van der Waals surface area contributed by atoms with Crippen LogP contribution < -0.4 is 23.8 Å². The van der Waals surface area contributed by atoms with Crippen molar-refractivity contribution in [2.24, 2.45) is 0 Å². The van der Waals surface area contributed by atoms with Crippen LogP contribution >= 0.6 is 34.8 Å². The minimum atomic E-state index is -1.07. The molecule has 7 rings (SSSR count). The number of aliphatic carboxylic acids is 2. The SMILES string of the molecule is C#CC(C)Oc1cc(N2C(=O)C3=C(CCCC3)C2=O)c(F)cc1Cl.C[C@@H](Oc1ccc(Oc2ncc(Cl)cc2F)cc1)C(=O)O.O=C(O)COc1ccc(Cl)c2cccnc12. The predicted octanol–water partition coefficient (Wildman–Crippen LogP) is 9.49. The lowest BCUT2D eigenvalue weighted by Gasteiger charge is -2.19. The Morgan fingerprint density at radius 3 is 2.11 bits per heavy atom. The minimum Gasteiger partial charge on any atom is -0.480 e. The molecule has 2 N–H and O–H groups in total. The van der Waals surface area contributed by atoms with Gasteiger partial charge in [-0.1, -0.05) is 40.7 Å². The molecule has 0 fully saturated rings. The summed E-state index contributed by atoms with van der Waals surface area (Å²) in [5.41, 5.74) is 1.37. The van der Waals surface area contributed by atoms with Crippen molar-refractivity contribution in [3.8, 4) is 41.2 Å². The molecule has 0 bridgehead atoms. The number of benzene rings is 3. The molecular weight excluding hydrogens is 863 g/mol. The highest BCUT2D eigenvalue weighted by Gasteiger charge is 2.41. The number of pyridine rings is 2. The first-order valence-electron chi connectivity index (χ1n) is 18.2. The molecule has 0 radical (unpaired) electrons. The van der Waals surface area contributed by atoms with E-state index in [9.17, 15) is 28.0 Å². The van der Waals surface area contributed by atoms with Crippen LogP contribution in [0.4, 0.5) is 14.5 Å². The van der Waals surface area contributed by atoms with E-state index in [-0.39, 0.29) is 27.4 Å². The highest BCUT2D eigenvalue weighted by molar-refractivity contribution is 6.36. The van der Waals surface area contributed by atoms with Crippen LogP contribution in [0.15, 0.2) is 90.3 Å². The van der Waals surface area contributed by atoms with E-state index in [2.05, 4.69) is 15.9 Å². The van der Waals surface area contributed by atoms with Gasteiger partial charge in [-0.3, -0.25) is 14.6 Å². The molecule has 18 heteroatoms. The maximum absolute atomic E-state index is 14.4. The van der Waals surface area contributed by atoms with Crippen molar-refractivity contribution in [3.63, 3.8) is 0 Å². The van der Waals surface area contributed by atoms with Gasteiger partial charge in [0.2, 0.25) is 0 Å². The molecule has 2 amide bonds. The third kappa shape index (κ3) is 11.6. The zero-order valence-corrected chi connectivity index (χ0v) is 34.4. The Kier molecular flexibility index (Phi) is 15.5. The van der Waals surface area contributed by atoms with Crippen LogP contribution in [0, 0.1) is 24.0 Å². The zero-order chi connectivity index (χ0) is 44.4. The fourth-order valence-electron chi connectivity index (χ4n) is 5.76. The number of anilines is 1. The first kappa shape index (κ1) is 45.6. The van der Waals surface area contributed by atoms with Gasteiger partial charge in [-0.15, -0.1) is 6.42 Å². The standard InChI is InChI=1S/C18H15ClFNO3.C14H11ClFNO4.C11H8ClNO3/c1-3-10(2)24-16-9-15(14(20)8-13(16)19)21-17(22)11-6-4-5-7-12(11)18(21)23;1-8(14(18)19)20-10-2-4-11(5-3-10)21-13-12(16)6-9(15)7-17-13;12-8-3-4-9(16-6-10(14)15)11-7(8)2-1-5-13-11/h1,8-10H,4-7H2,2H3;2-8H,1H3,(H,18,19);1-5H,6H2,(H,14,15)/t;8-;/m.1./s1. The number of carbonyl (C=O) groups is 4. The lowest BCUT2D eigenvalue weighted by molar-refractivity contribution is -0.144. The summed E-state index contributed by atoms with van der Waals surface area (Å²) >= 11 is 17.5. The number of halogens is 5. The predicted molar refractivity (Wildman–Crippen MR) is 222 cm³/mol. The lowest BCUT2D eigenvalue weighted by atomic mass is 9.93. The minimum absolute atomic E-state index is 0.0233. The van der Waals surface area contributed by atoms with Crippen LogP contribution in [0.2, 0.25) is 15.1 Å². The molecule has 0 saturated heterocycles. The molecule has 5 aromatic rings. The second kappa shape index (κ2) is 20.7. The molecule has 3 aromatic carbocycles. The Bertz CT molecular complexity index is 2520. The summed E-state index contributed by atoms with van der Waals surface area (Å²) in [5.74, 6) is -1.05. The van der Waals surface area contributed by atoms with E-state index in [4.69, 9.17) is 70.4 Å². The van der Waals surface area contributed by atoms with E-state index in [1.54, 1.807) is 37.4 Å². The summed E-state index contributed by atoms with van der Waals surface area (Å²) in [6.45, 7) is 2.65. The average molecular weight is 897 g/mol. The number of rotatable bonds is 11. The number of carbonyl (C=O) groups excluding carboxylic acids is 2. The number of ether oxygens (including phenoxy) is 4. The molecule has 61 heavy (non-hydrogen) atoms. The monoisotopic (exact) mass is 895 g/mol. The Balaban J connectivity index is 0.000000177. The summed E-state index contributed by atoms with van der Waals surface area (Å²) in [7, 11) is 0. The fourth-order valence-corrected chi connectivity index (χ4v) is 6.32. The van der Waals surface area contributed by atoms with E-state index in [0.717, 1.165) is 35.3 Å². The van der Waals surface area contributed by atoms with Gasteiger partial charge in [0, 0.05) is 35.0 Å². The number of amides is 2. The Hall–Kier alpha value is -6.47. The van der Waals surface area contributed by atoms with Crippen molar-refractivity contribution in [3.05, 3.63) is 117 Å². The first-order valence-corrected chi connectivity index (χ1v) is 19.3. The van der Waals surface area contributed by atoms with Crippen LogP contribution in [-0.4, -0.2) is 62.7 Å². The molecule has 0 saturated carbocycles. The third-order valence-corrected chi connectivity index (χ3v) is 9.51.